The van der Waals surface area contributed by atoms with E-state index in [1.165, 1.54) is 25.7 Å². The van der Waals surface area contributed by atoms with Gasteiger partial charge in [0, 0.05) is 13.0 Å². The molecular formula is C12H25ClN2O. The molecule has 3 nitrogen and oxygen atoms in total. The van der Waals surface area contributed by atoms with Gasteiger partial charge in [-0.05, 0) is 44.7 Å². The second-order valence-corrected chi connectivity index (χ2v) is 4.73. The minimum atomic E-state index is 0. The Morgan fingerprint density at radius 3 is 2.56 bits per heavy atom. The lowest BCUT2D eigenvalue weighted by atomic mass is 10.0. The van der Waals surface area contributed by atoms with Crippen molar-refractivity contribution < 1.29 is 4.79 Å². The molecule has 0 heterocycles. The van der Waals surface area contributed by atoms with Crippen molar-refractivity contribution in [1.29, 1.82) is 0 Å². The van der Waals surface area contributed by atoms with E-state index in [1.54, 1.807) is 0 Å². The molecule has 0 spiro atoms. The highest BCUT2D eigenvalue weighted by Crippen LogP contribution is 2.48. The molecule has 1 fully saturated rings. The smallest absolute Gasteiger partial charge is 0.220 e. The van der Waals surface area contributed by atoms with E-state index < -0.39 is 0 Å². The van der Waals surface area contributed by atoms with Crippen molar-refractivity contribution in [3.8, 4) is 0 Å². The third-order valence-electron chi connectivity index (χ3n) is 3.23. The molecule has 0 aromatic heterocycles. The van der Waals surface area contributed by atoms with Crippen LogP contribution in [0.1, 0.15) is 45.4 Å². The zero-order valence-electron chi connectivity index (χ0n) is 10.5. The maximum absolute atomic E-state index is 11.5. The van der Waals surface area contributed by atoms with Gasteiger partial charge in [-0.15, -0.1) is 12.4 Å². The number of nitrogens with one attached hydrogen (secondary N) is 2. The molecule has 0 bridgehead atoms. The molecule has 1 aliphatic carbocycles. The first kappa shape index (κ1) is 15.7. The summed E-state index contributed by atoms with van der Waals surface area (Å²) < 4.78 is 0. The monoisotopic (exact) mass is 248 g/mol. The zero-order chi connectivity index (χ0) is 11.1. The minimum Gasteiger partial charge on any atom is -0.356 e. The lowest BCUT2D eigenvalue weighted by Crippen LogP contribution is -2.30. The molecule has 1 amide bonds. The maximum atomic E-state index is 11.5. The van der Waals surface area contributed by atoms with Crippen LogP contribution < -0.4 is 10.6 Å². The fraction of sp³-hybridized carbons (Fsp3) is 0.917. The van der Waals surface area contributed by atoms with Crippen LogP contribution >= 0.6 is 12.4 Å². The van der Waals surface area contributed by atoms with Crippen molar-refractivity contribution >= 4 is 18.3 Å². The second kappa shape index (κ2) is 7.91. The van der Waals surface area contributed by atoms with E-state index in [9.17, 15) is 4.79 Å². The van der Waals surface area contributed by atoms with E-state index in [0.29, 0.717) is 11.8 Å². The van der Waals surface area contributed by atoms with Gasteiger partial charge >= 0.3 is 0 Å². The van der Waals surface area contributed by atoms with Gasteiger partial charge in [0.05, 0.1) is 0 Å². The highest BCUT2D eigenvalue weighted by Gasteiger charge is 2.41. The predicted octanol–water partition coefficient (Wildman–Crippen LogP) is 2.10. The molecule has 96 valence electrons. The van der Waals surface area contributed by atoms with Gasteiger partial charge < -0.3 is 10.6 Å². The predicted molar refractivity (Wildman–Crippen MR) is 70.0 cm³/mol. The summed E-state index contributed by atoms with van der Waals surface area (Å²) in [6, 6.07) is 0. The number of hydrogen-bond donors (Lipinski definition) is 2. The molecule has 1 saturated carbocycles. The van der Waals surface area contributed by atoms with E-state index in [1.807, 2.05) is 7.05 Å². The summed E-state index contributed by atoms with van der Waals surface area (Å²) in [5, 5.41) is 6.11. The van der Waals surface area contributed by atoms with Crippen LogP contribution in [0.25, 0.3) is 0 Å². The second-order valence-electron chi connectivity index (χ2n) is 4.73. The molecule has 0 radical (unpaired) electrons. The lowest BCUT2D eigenvalue weighted by molar-refractivity contribution is -0.121. The molecule has 0 aromatic rings. The molecule has 0 unspecified atom stereocenters. The summed E-state index contributed by atoms with van der Waals surface area (Å²) in [7, 11) is 1.92. The zero-order valence-corrected chi connectivity index (χ0v) is 11.3. The molecule has 0 atom stereocenters. The first-order valence-corrected chi connectivity index (χ1v) is 6.14. The molecule has 0 saturated heterocycles. The Balaban J connectivity index is 0.00000225. The summed E-state index contributed by atoms with van der Waals surface area (Å²) in [6.45, 7) is 4.04. The fourth-order valence-electron chi connectivity index (χ4n) is 2.02. The molecular weight excluding hydrogens is 224 g/mol. The van der Waals surface area contributed by atoms with Crippen LogP contribution in [-0.2, 0) is 4.79 Å². The Hall–Kier alpha value is -0.280. The van der Waals surface area contributed by atoms with Gasteiger partial charge in [-0.25, -0.2) is 0 Å². The number of amides is 1. The van der Waals surface area contributed by atoms with Gasteiger partial charge in [-0.1, -0.05) is 13.3 Å². The van der Waals surface area contributed by atoms with Crippen molar-refractivity contribution in [2.45, 2.75) is 45.4 Å². The van der Waals surface area contributed by atoms with E-state index in [-0.39, 0.29) is 18.3 Å². The third-order valence-corrected chi connectivity index (χ3v) is 3.23. The summed E-state index contributed by atoms with van der Waals surface area (Å²) >= 11 is 0. The van der Waals surface area contributed by atoms with Crippen molar-refractivity contribution in [2.24, 2.45) is 5.41 Å². The Labute approximate surface area is 105 Å². The Morgan fingerprint density at radius 1 is 1.38 bits per heavy atom. The van der Waals surface area contributed by atoms with Crippen molar-refractivity contribution in [3.63, 3.8) is 0 Å². The normalized spacial score (nSPS) is 16.4. The highest BCUT2D eigenvalue weighted by molar-refractivity contribution is 5.85. The van der Waals surface area contributed by atoms with Gasteiger partial charge in [0.25, 0.3) is 0 Å². The van der Waals surface area contributed by atoms with Crippen LogP contribution in [0.3, 0.4) is 0 Å². The van der Waals surface area contributed by atoms with Crippen LogP contribution in [0.2, 0.25) is 0 Å². The Kier molecular flexibility index (Phi) is 7.77. The van der Waals surface area contributed by atoms with Crippen molar-refractivity contribution in [3.05, 3.63) is 0 Å². The Bertz CT molecular complexity index is 205. The van der Waals surface area contributed by atoms with Crippen LogP contribution in [-0.4, -0.2) is 26.0 Å². The summed E-state index contributed by atoms with van der Waals surface area (Å²) in [6.07, 6.45) is 6.70. The third kappa shape index (κ3) is 5.71. The highest BCUT2D eigenvalue weighted by atomic mass is 35.5. The van der Waals surface area contributed by atoms with Gasteiger partial charge in [0.15, 0.2) is 0 Å². The largest absolute Gasteiger partial charge is 0.356 e. The van der Waals surface area contributed by atoms with E-state index in [0.717, 1.165) is 19.5 Å². The number of carbonyl (C=O) groups is 1. The summed E-state index contributed by atoms with van der Waals surface area (Å²) in [5.41, 5.74) is 0.480. The van der Waals surface area contributed by atoms with Crippen LogP contribution in [0.4, 0.5) is 0 Å². The van der Waals surface area contributed by atoms with E-state index in [4.69, 9.17) is 0 Å². The lowest BCUT2D eigenvalue weighted by Gasteiger charge is -2.14. The number of carbonyl (C=O) groups excluding carboxylic acids is 1. The SMILES string of the molecule is CCCC1(CNC(=O)CCCNC)CC1.Cl. The van der Waals surface area contributed by atoms with Crippen molar-refractivity contribution in [1.82, 2.24) is 10.6 Å². The van der Waals surface area contributed by atoms with Crippen molar-refractivity contribution in [2.75, 3.05) is 20.1 Å². The molecule has 4 heteroatoms. The Morgan fingerprint density at radius 2 is 2.06 bits per heavy atom. The van der Waals surface area contributed by atoms with Gasteiger partial charge in [-0.2, -0.15) is 0 Å². The first-order valence-electron chi connectivity index (χ1n) is 6.14. The average Bonchev–Trinajstić information content (AvgIpc) is 2.97. The molecule has 16 heavy (non-hydrogen) atoms. The fourth-order valence-corrected chi connectivity index (χ4v) is 2.02. The topological polar surface area (TPSA) is 41.1 Å². The number of rotatable bonds is 8. The standard InChI is InChI=1S/C12H24N2O.ClH/c1-3-6-12(7-8-12)10-14-11(15)5-4-9-13-2;/h13H,3-10H2,1-2H3,(H,14,15);1H. The van der Waals surface area contributed by atoms with E-state index >= 15 is 0 Å². The quantitative estimate of drug-likeness (QED) is 0.646. The summed E-state index contributed by atoms with van der Waals surface area (Å²) in [5.74, 6) is 0.215. The molecule has 0 aliphatic heterocycles. The van der Waals surface area contributed by atoms with E-state index in [2.05, 4.69) is 17.6 Å². The van der Waals surface area contributed by atoms with Crippen LogP contribution in [0, 0.1) is 5.41 Å². The van der Waals surface area contributed by atoms with Crippen LogP contribution in [0.15, 0.2) is 0 Å². The molecule has 1 rings (SSSR count). The number of hydrogen-bond acceptors (Lipinski definition) is 2. The maximum Gasteiger partial charge on any atom is 0.220 e. The molecule has 1 aliphatic rings. The van der Waals surface area contributed by atoms with Crippen LogP contribution in [0.5, 0.6) is 0 Å². The first-order chi connectivity index (χ1) is 7.22. The van der Waals surface area contributed by atoms with Gasteiger partial charge in [0.2, 0.25) is 5.91 Å². The number of halogens is 1. The summed E-state index contributed by atoms with van der Waals surface area (Å²) in [4.78, 5) is 11.5. The average molecular weight is 249 g/mol. The van der Waals surface area contributed by atoms with Gasteiger partial charge in [0.1, 0.15) is 0 Å². The van der Waals surface area contributed by atoms with Gasteiger partial charge in [-0.3, -0.25) is 4.79 Å². The molecule has 0 aromatic carbocycles. The minimum absolute atomic E-state index is 0. The molecule has 2 N–H and O–H groups in total.